The van der Waals surface area contributed by atoms with Gasteiger partial charge in [0.05, 0.1) is 23.2 Å². The summed E-state index contributed by atoms with van der Waals surface area (Å²) in [5.74, 6) is -2.59. The van der Waals surface area contributed by atoms with Crippen LogP contribution in [0, 0.1) is 13.8 Å². The van der Waals surface area contributed by atoms with Gasteiger partial charge in [0, 0.05) is 19.6 Å². The second kappa shape index (κ2) is 8.96. The Morgan fingerprint density at radius 1 is 1.12 bits per heavy atom. The van der Waals surface area contributed by atoms with Gasteiger partial charge >= 0.3 is 6.18 Å². The number of morpholine rings is 1. The number of rotatable bonds is 4. The molecule has 4 rings (SSSR count). The number of benzene rings is 2. The lowest BCUT2D eigenvalue weighted by Crippen LogP contribution is -2.44. The summed E-state index contributed by atoms with van der Waals surface area (Å²) in [6, 6.07) is 7.58. The monoisotopic (exact) mass is 477 g/mol. The standard InChI is InChI=1S/C25H26F3NO5/c1-13-5-6-14(2)20(9-13)33-23-21(31)17-7-8-19(30)18(22(17)34-24(23)25(26,27)28)12-29-10-15(3)32-16(4)11-29/h5-9,15-16,30H,10-12H2,1-4H3/t15-,16+. The van der Waals surface area contributed by atoms with Crippen LogP contribution in [-0.4, -0.2) is 35.3 Å². The van der Waals surface area contributed by atoms with Gasteiger partial charge in [0.25, 0.3) is 5.76 Å². The van der Waals surface area contributed by atoms with Crippen LogP contribution in [0.25, 0.3) is 11.0 Å². The van der Waals surface area contributed by atoms with E-state index < -0.39 is 23.1 Å². The molecule has 2 aromatic carbocycles. The highest BCUT2D eigenvalue weighted by molar-refractivity contribution is 5.83. The largest absolute Gasteiger partial charge is 0.507 e. The lowest BCUT2D eigenvalue weighted by atomic mass is 10.1. The summed E-state index contributed by atoms with van der Waals surface area (Å²) in [4.78, 5) is 15.2. The maximum Gasteiger partial charge on any atom is 0.453 e. The number of aryl methyl sites for hydroxylation is 2. The minimum atomic E-state index is -4.99. The number of alkyl halides is 3. The zero-order chi connectivity index (χ0) is 24.8. The Hall–Kier alpha value is -3.04. The smallest absolute Gasteiger partial charge is 0.453 e. The fourth-order valence-electron chi connectivity index (χ4n) is 4.28. The van der Waals surface area contributed by atoms with Crippen LogP contribution in [0.4, 0.5) is 13.2 Å². The van der Waals surface area contributed by atoms with E-state index >= 15 is 0 Å². The van der Waals surface area contributed by atoms with Crippen molar-refractivity contribution in [3.63, 3.8) is 0 Å². The summed E-state index contributed by atoms with van der Waals surface area (Å²) in [5, 5.41) is 10.4. The summed E-state index contributed by atoms with van der Waals surface area (Å²) in [7, 11) is 0. The van der Waals surface area contributed by atoms with Crippen molar-refractivity contribution >= 4 is 11.0 Å². The average molecular weight is 477 g/mol. The van der Waals surface area contributed by atoms with Crippen molar-refractivity contribution in [3.8, 4) is 17.2 Å². The van der Waals surface area contributed by atoms with Gasteiger partial charge in [-0.15, -0.1) is 0 Å². The first kappa shape index (κ1) is 24.1. The molecule has 0 bridgehead atoms. The van der Waals surface area contributed by atoms with Crippen molar-refractivity contribution in [3.05, 3.63) is 63.0 Å². The highest BCUT2D eigenvalue weighted by atomic mass is 19.4. The zero-order valence-electron chi connectivity index (χ0n) is 19.3. The molecule has 1 aliphatic heterocycles. The minimum Gasteiger partial charge on any atom is -0.507 e. The molecular weight excluding hydrogens is 451 g/mol. The van der Waals surface area contributed by atoms with Crippen molar-refractivity contribution in [1.82, 2.24) is 4.90 Å². The van der Waals surface area contributed by atoms with Gasteiger partial charge in [-0.25, -0.2) is 0 Å². The van der Waals surface area contributed by atoms with Gasteiger partial charge in [-0.05, 0) is 57.0 Å². The quantitative estimate of drug-likeness (QED) is 0.532. The maximum atomic E-state index is 14.0. The molecule has 1 aromatic heterocycles. The number of fused-ring (bicyclic) bond motifs is 1. The maximum absolute atomic E-state index is 14.0. The number of hydrogen-bond donors (Lipinski definition) is 1. The Bertz CT molecular complexity index is 1270. The molecule has 3 aromatic rings. The van der Waals surface area contributed by atoms with Crippen LogP contribution < -0.4 is 10.2 Å². The Morgan fingerprint density at radius 2 is 1.79 bits per heavy atom. The van der Waals surface area contributed by atoms with Gasteiger partial charge in [-0.3, -0.25) is 9.69 Å². The first-order valence-electron chi connectivity index (χ1n) is 11.0. The van der Waals surface area contributed by atoms with E-state index in [-0.39, 0.29) is 46.8 Å². The molecule has 0 aliphatic carbocycles. The molecule has 2 heterocycles. The molecule has 1 fully saturated rings. The van der Waals surface area contributed by atoms with Crippen LogP contribution in [0.5, 0.6) is 17.2 Å². The number of phenols is 1. The van der Waals surface area contributed by atoms with E-state index in [2.05, 4.69) is 0 Å². The molecule has 9 heteroatoms. The number of ether oxygens (including phenoxy) is 2. The first-order valence-corrected chi connectivity index (χ1v) is 11.0. The molecule has 0 unspecified atom stereocenters. The van der Waals surface area contributed by atoms with Crippen molar-refractivity contribution in [2.45, 2.75) is 52.6 Å². The van der Waals surface area contributed by atoms with E-state index in [1.54, 1.807) is 32.0 Å². The van der Waals surface area contributed by atoms with Crippen LogP contribution in [0.15, 0.2) is 39.5 Å². The van der Waals surface area contributed by atoms with Gasteiger partial charge in [0.1, 0.15) is 17.1 Å². The van der Waals surface area contributed by atoms with E-state index in [9.17, 15) is 23.1 Å². The Kier molecular flexibility index (Phi) is 6.35. The third-order valence-electron chi connectivity index (χ3n) is 5.79. The average Bonchev–Trinajstić information content (AvgIpc) is 2.73. The van der Waals surface area contributed by atoms with Gasteiger partial charge in [-0.1, -0.05) is 12.1 Å². The van der Waals surface area contributed by atoms with Crippen LogP contribution in [0.3, 0.4) is 0 Å². The molecule has 0 spiro atoms. The number of nitrogens with zero attached hydrogens (tertiary/aromatic N) is 1. The van der Waals surface area contributed by atoms with Crippen molar-refractivity contribution in [2.24, 2.45) is 0 Å². The molecule has 1 N–H and O–H groups in total. The van der Waals surface area contributed by atoms with Crippen LogP contribution >= 0.6 is 0 Å². The second-order valence-electron chi connectivity index (χ2n) is 8.85. The summed E-state index contributed by atoms with van der Waals surface area (Å²) < 4.78 is 58.6. The highest BCUT2D eigenvalue weighted by Crippen LogP contribution is 2.40. The molecule has 182 valence electrons. The summed E-state index contributed by atoms with van der Waals surface area (Å²) in [6.07, 6.45) is -5.17. The predicted octanol–water partition coefficient (Wildman–Crippen LogP) is 5.54. The van der Waals surface area contributed by atoms with Crippen molar-refractivity contribution in [2.75, 3.05) is 13.1 Å². The van der Waals surface area contributed by atoms with Crippen LogP contribution in [-0.2, 0) is 17.5 Å². The number of phenolic OH excluding ortho intramolecular Hbond substituents is 1. The fourth-order valence-corrected chi connectivity index (χ4v) is 4.28. The van der Waals surface area contributed by atoms with Crippen molar-refractivity contribution in [1.29, 1.82) is 0 Å². The van der Waals surface area contributed by atoms with E-state index in [4.69, 9.17) is 13.9 Å². The summed E-state index contributed by atoms with van der Waals surface area (Å²) >= 11 is 0. The van der Waals surface area contributed by atoms with E-state index in [0.717, 1.165) is 5.56 Å². The van der Waals surface area contributed by atoms with Crippen LogP contribution in [0.2, 0.25) is 0 Å². The number of aromatic hydroxyl groups is 1. The van der Waals surface area contributed by atoms with E-state index in [1.807, 2.05) is 18.7 Å². The molecule has 0 radical (unpaired) electrons. The topological polar surface area (TPSA) is 72.1 Å². The third kappa shape index (κ3) is 4.76. The van der Waals surface area contributed by atoms with Crippen LogP contribution in [0.1, 0.15) is 36.3 Å². The van der Waals surface area contributed by atoms with E-state index in [0.29, 0.717) is 18.7 Å². The molecule has 1 saturated heterocycles. The molecule has 0 amide bonds. The van der Waals surface area contributed by atoms with Crippen molar-refractivity contribution < 1.29 is 32.2 Å². The Balaban J connectivity index is 1.87. The normalized spacial score (nSPS) is 19.5. The molecular formula is C25H26F3NO5. The first-order chi connectivity index (χ1) is 15.9. The van der Waals surface area contributed by atoms with Gasteiger partial charge in [0.2, 0.25) is 11.2 Å². The second-order valence-corrected chi connectivity index (χ2v) is 8.85. The summed E-state index contributed by atoms with van der Waals surface area (Å²) in [5.41, 5.74) is 0.178. The number of halogens is 3. The molecule has 34 heavy (non-hydrogen) atoms. The lowest BCUT2D eigenvalue weighted by Gasteiger charge is -2.35. The fraction of sp³-hybridized carbons (Fsp3) is 0.400. The highest BCUT2D eigenvalue weighted by Gasteiger charge is 2.41. The number of hydrogen-bond acceptors (Lipinski definition) is 6. The Morgan fingerprint density at radius 3 is 2.44 bits per heavy atom. The Labute approximate surface area is 194 Å². The van der Waals surface area contributed by atoms with Gasteiger partial charge in [-0.2, -0.15) is 13.2 Å². The minimum absolute atomic E-state index is 0.0869. The lowest BCUT2D eigenvalue weighted by molar-refractivity contribution is -0.154. The molecule has 6 nitrogen and oxygen atoms in total. The molecule has 0 saturated carbocycles. The SMILES string of the molecule is Cc1ccc(C)c(Oc2c(C(F)(F)F)oc3c(CN4C[C@@H](C)O[C@@H](C)C4)c(O)ccc3c2=O)c1. The van der Waals surface area contributed by atoms with Gasteiger partial charge < -0.3 is 19.0 Å². The third-order valence-corrected chi connectivity index (χ3v) is 5.79. The van der Waals surface area contributed by atoms with Gasteiger partial charge in [0.15, 0.2) is 0 Å². The van der Waals surface area contributed by atoms with E-state index in [1.165, 1.54) is 12.1 Å². The summed E-state index contributed by atoms with van der Waals surface area (Å²) in [6.45, 7) is 8.36. The predicted molar refractivity (Wildman–Crippen MR) is 120 cm³/mol. The molecule has 2 atom stereocenters. The zero-order valence-corrected chi connectivity index (χ0v) is 19.3. The molecule has 1 aliphatic rings.